The van der Waals surface area contributed by atoms with E-state index in [2.05, 4.69) is 46.2 Å². The van der Waals surface area contributed by atoms with Crippen LogP contribution in [0.5, 0.6) is 0 Å². The summed E-state index contributed by atoms with van der Waals surface area (Å²) >= 11 is 0. The number of hydrogen-bond acceptors (Lipinski definition) is 1. The first-order chi connectivity index (χ1) is 10.00. The molecule has 3 heteroatoms. The summed E-state index contributed by atoms with van der Waals surface area (Å²) in [7, 11) is -1.68. The van der Waals surface area contributed by atoms with E-state index in [-0.39, 0.29) is 6.10 Å². The fourth-order valence-corrected chi connectivity index (χ4v) is 8.20. The molecule has 0 heterocycles. The summed E-state index contributed by atoms with van der Waals surface area (Å²) < 4.78 is 0. The number of aliphatic hydroxyl groups excluding tert-OH is 1. The number of rotatable bonds is 2. The maximum atomic E-state index is 9.31. The quantitative estimate of drug-likeness (QED) is 0.565. The number of hydrogen-bond donors (Lipinski definition) is 1. The van der Waals surface area contributed by atoms with Gasteiger partial charge in [0, 0.05) is 16.1 Å². The van der Waals surface area contributed by atoms with E-state index in [0.717, 1.165) is 29.8 Å². The molecule has 0 spiro atoms. The van der Waals surface area contributed by atoms with Gasteiger partial charge in [0.25, 0.3) is 0 Å². The molecule has 0 radical (unpaired) electrons. The molecule has 2 saturated carbocycles. The fourth-order valence-electron chi connectivity index (χ4n) is 4.07. The van der Waals surface area contributed by atoms with Crippen molar-refractivity contribution in [2.24, 2.45) is 5.92 Å². The van der Waals surface area contributed by atoms with Gasteiger partial charge in [-0.05, 0) is 29.8 Å². The van der Waals surface area contributed by atoms with E-state index in [9.17, 15) is 5.11 Å². The van der Waals surface area contributed by atoms with Crippen molar-refractivity contribution in [1.29, 1.82) is 0 Å². The molecule has 0 bridgehead atoms. The van der Waals surface area contributed by atoms with Gasteiger partial charge in [0.1, 0.15) is 0 Å². The molecule has 0 amide bonds. The summed E-state index contributed by atoms with van der Waals surface area (Å²) in [5, 5.41) is 9.31. The van der Waals surface area contributed by atoms with E-state index in [4.69, 9.17) is 0 Å². The highest BCUT2D eigenvalue weighted by Crippen LogP contribution is 2.39. The molecule has 1 N–H and O–H groups in total. The molecule has 2 aliphatic rings. The zero-order chi connectivity index (χ0) is 17.0. The first-order valence-electron chi connectivity index (χ1n) is 9.68. The average Bonchev–Trinajstić information content (AvgIpc) is 2.38. The van der Waals surface area contributed by atoms with E-state index in [1.807, 2.05) is 0 Å². The molecule has 132 valence electrons. The molecule has 2 fully saturated rings. The highest BCUT2D eigenvalue weighted by Gasteiger charge is 2.30. The van der Waals surface area contributed by atoms with E-state index >= 15 is 0 Å². The molecule has 2 aliphatic carbocycles. The zero-order valence-electron chi connectivity index (χ0n) is 16.4. The Hall–Kier alpha value is 0.394. The van der Waals surface area contributed by atoms with Crippen molar-refractivity contribution in [3.8, 4) is 0 Å². The monoisotopic (exact) mass is 342 g/mol. The van der Waals surface area contributed by atoms with Crippen LogP contribution in [0.15, 0.2) is 0 Å². The Morgan fingerprint density at radius 2 is 0.909 bits per heavy atom. The molecular weight excluding hydrogens is 300 g/mol. The van der Waals surface area contributed by atoms with Crippen molar-refractivity contribution in [2.75, 3.05) is 0 Å². The second-order valence-electron chi connectivity index (χ2n) is 10.2. The van der Waals surface area contributed by atoms with Gasteiger partial charge in [-0.2, -0.15) is 0 Å². The zero-order valence-corrected chi connectivity index (χ0v) is 18.4. The second kappa shape index (κ2) is 8.48. The topological polar surface area (TPSA) is 20.2 Å². The van der Waals surface area contributed by atoms with E-state index in [1.165, 1.54) is 38.5 Å². The predicted molar refractivity (Wildman–Crippen MR) is 106 cm³/mol. The summed E-state index contributed by atoms with van der Waals surface area (Å²) in [6.45, 7) is 17.3. The highest BCUT2D eigenvalue weighted by atomic mass is 28.3. The van der Waals surface area contributed by atoms with Crippen LogP contribution in [0, 0.1) is 5.92 Å². The van der Waals surface area contributed by atoms with Gasteiger partial charge >= 0.3 is 0 Å². The first-order valence-corrected chi connectivity index (χ1v) is 16.8. The van der Waals surface area contributed by atoms with Crippen molar-refractivity contribution >= 4 is 16.1 Å². The Bertz CT molecular complexity index is 268. The van der Waals surface area contributed by atoms with E-state index in [1.54, 1.807) is 0 Å². The fraction of sp³-hybridized carbons (Fsp3) is 1.00. The Morgan fingerprint density at radius 3 is 1.23 bits per heavy atom. The third-order valence-electron chi connectivity index (χ3n) is 6.16. The maximum Gasteiger partial charge on any atom is 0.0540 e. The van der Waals surface area contributed by atoms with Crippen molar-refractivity contribution in [1.82, 2.24) is 0 Å². The molecule has 0 unspecified atom stereocenters. The van der Waals surface area contributed by atoms with Crippen molar-refractivity contribution < 1.29 is 5.11 Å². The summed E-state index contributed by atoms with van der Waals surface area (Å²) in [4.78, 5) is 0. The summed E-state index contributed by atoms with van der Waals surface area (Å²) in [5.74, 6) is 1.02. The minimum absolute atomic E-state index is 0.0163. The molecule has 0 aromatic heterocycles. The molecule has 0 aromatic rings. The first kappa shape index (κ1) is 20.4. The van der Waals surface area contributed by atoms with Crippen LogP contribution in [0.1, 0.15) is 58.3 Å². The largest absolute Gasteiger partial charge is 0.393 e. The Labute approximate surface area is 142 Å². The summed E-state index contributed by atoms with van der Waals surface area (Å²) in [6.07, 6.45) is 10.7. The number of aliphatic hydroxyl groups is 1. The SMILES string of the molecule is CC1CCC([Si](C)(C)C)CC1.C[Si](C)(C)C1CCC(O)CC1. The molecule has 0 aliphatic heterocycles. The van der Waals surface area contributed by atoms with Crippen LogP contribution in [0.3, 0.4) is 0 Å². The minimum Gasteiger partial charge on any atom is -0.393 e. The predicted octanol–water partition coefficient (Wildman–Crippen LogP) is 6.53. The second-order valence-corrected chi connectivity index (χ2v) is 21.3. The van der Waals surface area contributed by atoms with E-state index < -0.39 is 16.1 Å². The van der Waals surface area contributed by atoms with Gasteiger partial charge in [-0.25, -0.2) is 0 Å². The lowest BCUT2D eigenvalue weighted by Gasteiger charge is -2.34. The van der Waals surface area contributed by atoms with Crippen molar-refractivity contribution in [3.05, 3.63) is 0 Å². The van der Waals surface area contributed by atoms with Gasteiger partial charge < -0.3 is 5.11 Å². The molecule has 0 saturated heterocycles. The minimum atomic E-state index is -0.897. The van der Waals surface area contributed by atoms with Gasteiger partial charge in [-0.3, -0.25) is 0 Å². The molecule has 22 heavy (non-hydrogen) atoms. The average molecular weight is 343 g/mol. The smallest absolute Gasteiger partial charge is 0.0540 e. The van der Waals surface area contributed by atoms with Crippen molar-refractivity contribution in [2.45, 2.75) is 115 Å². The summed E-state index contributed by atoms with van der Waals surface area (Å²) in [6, 6.07) is 0. The Kier molecular flexibility index (Phi) is 7.88. The van der Waals surface area contributed by atoms with Crippen LogP contribution in [0.2, 0.25) is 50.4 Å². The van der Waals surface area contributed by atoms with Crippen LogP contribution in [0.25, 0.3) is 0 Å². The molecule has 1 nitrogen and oxygen atoms in total. The highest BCUT2D eigenvalue weighted by molar-refractivity contribution is 6.77. The van der Waals surface area contributed by atoms with Crippen LogP contribution in [-0.4, -0.2) is 27.4 Å². The van der Waals surface area contributed by atoms with Gasteiger partial charge in [-0.15, -0.1) is 0 Å². The molecule has 0 atom stereocenters. The van der Waals surface area contributed by atoms with Crippen LogP contribution in [0.4, 0.5) is 0 Å². The normalized spacial score (nSPS) is 33.8. The van der Waals surface area contributed by atoms with Gasteiger partial charge in [-0.1, -0.05) is 84.7 Å². The van der Waals surface area contributed by atoms with Crippen LogP contribution < -0.4 is 0 Å². The summed E-state index contributed by atoms with van der Waals surface area (Å²) in [5.41, 5.74) is 2.09. The van der Waals surface area contributed by atoms with Crippen LogP contribution in [-0.2, 0) is 0 Å². The Balaban J connectivity index is 0.000000220. The van der Waals surface area contributed by atoms with Crippen LogP contribution >= 0.6 is 0 Å². The van der Waals surface area contributed by atoms with Crippen molar-refractivity contribution in [3.63, 3.8) is 0 Å². The molecule has 0 aromatic carbocycles. The lowest BCUT2D eigenvalue weighted by Crippen LogP contribution is -2.32. The maximum absolute atomic E-state index is 9.31. The molecule has 2 rings (SSSR count). The molecular formula is C19H42OSi2. The standard InChI is InChI=1S/C10H22Si.C9H20OSi/c1-9-5-7-10(8-6-9)11(2,3)4;1-11(2,3)9-6-4-8(10)5-7-9/h9-10H,5-8H2,1-4H3;8-10H,4-7H2,1-3H3. The third kappa shape index (κ3) is 7.31. The van der Waals surface area contributed by atoms with Gasteiger partial charge in [0.2, 0.25) is 0 Å². The lowest BCUT2D eigenvalue weighted by atomic mass is 9.90. The Morgan fingerprint density at radius 1 is 0.591 bits per heavy atom. The third-order valence-corrected chi connectivity index (χ3v) is 12.2. The van der Waals surface area contributed by atoms with E-state index in [0.29, 0.717) is 0 Å². The van der Waals surface area contributed by atoms with Gasteiger partial charge in [0.15, 0.2) is 0 Å². The lowest BCUT2D eigenvalue weighted by molar-refractivity contribution is 0.129. The van der Waals surface area contributed by atoms with Gasteiger partial charge in [0.05, 0.1) is 6.10 Å².